The maximum atomic E-state index is 11.7. The van der Waals surface area contributed by atoms with Gasteiger partial charge in [0.25, 0.3) is 11.8 Å². The molecule has 0 saturated carbocycles. The van der Waals surface area contributed by atoms with Crippen LogP contribution in [0.1, 0.15) is 40.0 Å². The maximum Gasteiger partial charge on any atom is 0.325 e. The molecule has 0 aliphatic carbocycles. The van der Waals surface area contributed by atoms with E-state index in [2.05, 4.69) is 29.8 Å². The molecule has 234 valence electrons. The summed E-state index contributed by atoms with van der Waals surface area (Å²) in [5.74, 6) is -3.27. The van der Waals surface area contributed by atoms with Gasteiger partial charge < -0.3 is 40.0 Å². The van der Waals surface area contributed by atoms with E-state index in [0.717, 1.165) is 4.90 Å². The molecule has 1 unspecified atom stereocenters. The molecule has 1 aliphatic rings. The molecule has 0 aromatic carbocycles. The van der Waals surface area contributed by atoms with Crippen molar-refractivity contribution in [2.24, 2.45) is 0 Å². The summed E-state index contributed by atoms with van der Waals surface area (Å²) < 4.78 is 21.3. The first-order valence-electron chi connectivity index (χ1n) is 13.5. The Bertz CT molecular complexity index is 833. The third-order valence-corrected chi connectivity index (χ3v) is 4.82. The highest BCUT2D eigenvalue weighted by molar-refractivity contribution is 6.13. The average molecular weight is 589 g/mol. The van der Waals surface area contributed by atoms with Gasteiger partial charge in [0, 0.05) is 38.1 Å². The van der Waals surface area contributed by atoms with Gasteiger partial charge in [-0.2, -0.15) is 0 Å². The largest absolute Gasteiger partial charge is 0.480 e. The lowest BCUT2D eigenvalue weighted by Crippen LogP contribution is -2.44. The van der Waals surface area contributed by atoms with Crippen molar-refractivity contribution in [1.82, 2.24) is 20.9 Å². The van der Waals surface area contributed by atoms with Crippen LogP contribution >= 0.6 is 0 Å². The SMILES string of the molecule is CC(NC(=O)CNC(=O)CCOCCOCCOCCOCCNC(=O)CCN1C(=O)C=CC1=O)C(=O)O.CCC. The van der Waals surface area contributed by atoms with E-state index < -0.39 is 35.6 Å². The molecule has 15 heteroatoms. The van der Waals surface area contributed by atoms with Gasteiger partial charge in [-0.1, -0.05) is 20.3 Å². The predicted molar refractivity (Wildman–Crippen MR) is 146 cm³/mol. The van der Waals surface area contributed by atoms with Crippen molar-refractivity contribution in [3.63, 3.8) is 0 Å². The third-order valence-electron chi connectivity index (χ3n) is 4.82. The number of carboxylic acids is 1. The summed E-state index contributed by atoms with van der Waals surface area (Å²) in [6, 6.07) is -1.03. The van der Waals surface area contributed by atoms with E-state index in [1.54, 1.807) is 0 Å². The van der Waals surface area contributed by atoms with Crippen LogP contribution in [0.2, 0.25) is 0 Å². The smallest absolute Gasteiger partial charge is 0.325 e. The first-order valence-corrected chi connectivity index (χ1v) is 13.5. The number of nitrogens with one attached hydrogen (secondary N) is 3. The predicted octanol–water partition coefficient (Wildman–Crippen LogP) is -1.00. The summed E-state index contributed by atoms with van der Waals surface area (Å²) in [7, 11) is 0. The van der Waals surface area contributed by atoms with Gasteiger partial charge in [0.2, 0.25) is 17.7 Å². The van der Waals surface area contributed by atoms with Crippen molar-refractivity contribution >= 4 is 35.5 Å². The highest BCUT2D eigenvalue weighted by Crippen LogP contribution is 2.03. The Morgan fingerprint density at radius 2 is 1.22 bits per heavy atom. The Balaban J connectivity index is 0.00000509. The molecule has 1 atom stereocenters. The number of carbonyl (C=O) groups is 6. The summed E-state index contributed by atoms with van der Waals surface area (Å²) >= 11 is 0. The van der Waals surface area contributed by atoms with Crippen LogP contribution in [0.5, 0.6) is 0 Å². The molecular weight excluding hydrogens is 544 g/mol. The summed E-state index contributed by atoms with van der Waals surface area (Å²) in [6.45, 7) is 8.01. The fraction of sp³-hybridized carbons (Fsp3) is 0.692. The molecule has 0 fully saturated rings. The second kappa shape index (κ2) is 24.4. The number of nitrogens with zero attached hydrogens (tertiary/aromatic N) is 1. The molecule has 41 heavy (non-hydrogen) atoms. The number of carboxylic acid groups (broad SMARTS) is 1. The van der Waals surface area contributed by atoms with Gasteiger partial charge in [-0.3, -0.25) is 33.7 Å². The lowest BCUT2D eigenvalue weighted by Gasteiger charge is -2.13. The molecule has 1 heterocycles. The fourth-order valence-corrected chi connectivity index (χ4v) is 2.76. The van der Waals surface area contributed by atoms with Crippen LogP contribution in [-0.2, 0) is 47.7 Å². The van der Waals surface area contributed by atoms with E-state index in [4.69, 9.17) is 24.1 Å². The zero-order valence-corrected chi connectivity index (χ0v) is 24.1. The van der Waals surface area contributed by atoms with Crippen LogP contribution in [0, 0.1) is 0 Å². The molecule has 0 aromatic rings. The number of aliphatic carboxylic acids is 1. The normalized spacial score (nSPS) is 12.9. The Hall–Kier alpha value is -3.40. The molecule has 1 aliphatic heterocycles. The first-order chi connectivity index (χ1) is 19.6. The number of hydrogen-bond acceptors (Lipinski definition) is 10. The minimum atomic E-state index is -1.17. The first kappa shape index (κ1) is 37.6. The number of rotatable bonds is 22. The Kier molecular flexibility index (Phi) is 22.4. The number of hydrogen-bond donors (Lipinski definition) is 4. The highest BCUT2D eigenvalue weighted by atomic mass is 16.6. The Labute approximate surface area is 240 Å². The molecule has 1 rings (SSSR count). The summed E-state index contributed by atoms with van der Waals surface area (Å²) in [5, 5.41) is 15.9. The molecular formula is C26H44N4O11. The highest BCUT2D eigenvalue weighted by Gasteiger charge is 2.23. The molecule has 4 N–H and O–H groups in total. The topological polar surface area (TPSA) is 199 Å². The van der Waals surface area contributed by atoms with E-state index in [9.17, 15) is 28.8 Å². The van der Waals surface area contributed by atoms with Crippen LogP contribution in [0.4, 0.5) is 0 Å². The van der Waals surface area contributed by atoms with Crippen LogP contribution in [0.25, 0.3) is 0 Å². The van der Waals surface area contributed by atoms with Gasteiger partial charge in [-0.05, 0) is 6.92 Å². The van der Waals surface area contributed by atoms with E-state index >= 15 is 0 Å². The quantitative estimate of drug-likeness (QED) is 0.0893. The standard InChI is InChI=1S/C23H36N4O11.C3H8/c1-17(23(33)34)26-20(30)16-25-19(29)5-8-35-10-12-37-14-15-38-13-11-36-9-6-24-18(28)4-7-27-21(31)2-3-22(27)32;1-3-2/h2-3,17H,4-16H2,1H3,(H,24,28)(H,25,29)(H,26,30)(H,33,34);3H2,1-2H3. The molecule has 0 bridgehead atoms. The lowest BCUT2D eigenvalue weighted by atomic mass is 10.3. The summed E-state index contributed by atoms with van der Waals surface area (Å²) in [5.41, 5.74) is 0. The van der Waals surface area contributed by atoms with Gasteiger partial charge in [-0.15, -0.1) is 0 Å². The van der Waals surface area contributed by atoms with Crippen molar-refractivity contribution in [3.8, 4) is 0 Å². The second-order valence-electron chi connectivity index (χ2n) is 8.57. The zero-order valence-electron chi connectivity index (χ0n) is 24.1. The van der Waals surface area contributed by atoms with Gasteiger partial charge in [0.05, 0.1) is 59.4 Å². The van der Waals surface area contributed by atoms with Crippen LogP contribution < -0.4 is 16.0 Å². The third kappa shape index (κ3) is 21.1. The van der Waals surface area contributed by atoms with Crippen molar-refractivity contribution in [2.45, 2.75) is 46.1 Å². The van der Waals surface area contributed by atoms with Crippen LogP contribution in [0.3, 0.4) is 0 Å². The summed E-state index contributed by atoms with van der Waals surface area (Å²) in [4.78, 5) is 69.2. The molecule has 5 amide bonds. The minimum Gasteiger partial charge on any atom is -0.480 e. The number of ether oxygens (including phenoxy) is 4. The van der Waals surface area contributed by atoms with Gasteiger partial charge >= 0.3 is 5.97 Å². The van der Waals surface area contributed by atoms with Crippen molar-refractivity contribution in [1.29, 1.82) is 0 Å². The van der Waals surface area contributed by atoms with Crippen LogP contribution in [0.15, 0.2) is 12.2 Å². The second-order valence-corrected chi connectivity index (χ2v) is 8.57. The number of amides is 5. The van der Waals surface area contributed by atoms with Gasteiger partial charge in [0.15, 0.2) is 0 Å². The number of imide groups is 1. The van der Waals surface area contributed by atoms with Crippen LogP contribution in [-0.4, -0.2) is 124 Å². The maximum absolute atomic E-state index is 11.7. The molecule has 0 spiro atoms. The Morgan fingerprint density at radius 1 is 0.756 bits per heavy atom. The van der Waals surface area contributed by atoms with Crippen molar-refractivity contribution < 1.29 is 52.8 Å². The molecule has 0 saturated heterocycles. The van der Waals surface area contributed by atoms with Gasteiger partial charge in [-0.25, -0.2) is 0 Å². The Morgan fingerprint density at radius 3 is 1.73 bits per heavy atom. The van der Waals surface area contributed by atoms with Crippen molar-refractivity contribution in [2.75, 3.05) is 72.5 Å². The molecule has 15 nitrogen and oxygen atoms in total. The zero-order chi connectivity index (χ0) is 30.9. The van der Waals surface area contributed by atoms with Crippen molar-refractivity contribution in [3.05, 3.63) is 12.2 Å². The average Bonchev–Trinajstić information content (AvgIpc) is 3.25. The van der Waals surface area contributed by atoms with E-state index in [1.807, 2.05) is 0 Å². The van der Waals surface area contributed by atoms with E-state index in [0.29, 0.717) is 46.2 Å². The number of carbonyl (C=O) groups excluding carboxylic acids is 5. The molecule has 0 radical (unpaired) electrons. The monoisotopic (exact) mass is 588 g/mol. The summed E-state index contributed by atoms with van der Waals surface area (Å²) in [6.07, 6.45) is 3.67. The fourth-order valence-electron chi connectivity index (χ4n) is 2.76. The van der Waals surface area contributed by atoms with Gasteiger partial charge in [0.1, 0.15) is 6.04 Å². The lowest BCUT2D eigenvalue weighted by molar-refractivity contribution is -0.141. The van der Waals surface area contributed by atoms with E-state index in [-0.39, 0.29) is 45.1 Å². The van der Waals surface area contributed by atoms with E-state index in [1.165, 1.54) is 25.5 Å². The molecule has 0 aromatic heterocycles. The minimum absolute atomic E-state index is 0.0275.